The average Bonchev–Trinajstić information content (AvgIpc) is 2.53. The molecule has 0 radical (unpaired) electrons. The van der Waals surface area contributed by atoms with Gasteiger partial charge < -0.3 is 14.8 Å². The minimum Gasteiger partial charge on any atom is -0.490 e. The Bertz CT molecular complexity index is 365. The van der Waals surface area contributed by atoms with Gasteiger partial charge in [0.05, 0.1) is 13.2 Å². The van der Waals surface area contributed by atoms with Gasteiger partial charge in [-0.05, 0) is 43.6 Å². The lowest BCUT2D eigenvalue weighted by molar-refractivity contribution is 0.297. The maximum absolute atomic E-state index is 5.69. The Labute approximate surface area is 103 Å². The molecule has 1 atom stereocenters. The molecule has 3 heteroatoms. The maximum Gasteiger partial charge on any atom is 0.161 e. The van der Waals surface area contributed by atoms with Crippen molar-refractivity contribution in [3.63, 3.8) is 0 Å². The lowest BCUT2D eigenvalue weighted by Gasteiger charge is -2.13. The molecule has 17 heavy (non-hydrogen) atoms. The zero-order chi connectivity index (χ0) is 12.1. The Morgan fingerprint density at radius 2 is 2.00 bits per heavy atom. The van der Waals surface area contributed by atoms with Crippen molar-refractivity contribution in [1.82, 2.24) is 5.32 Å². The SMILES string of the molecule is CNCC(C)Cc1ccc2c(c1)OCCCO2. The average molecular weight is 235 g/mol. The summed E-state index contributed by atoms with van der Waals surface area (Å²) in [6.07, 6.45) is 2.03. The van der Waals surface area contributed by atoms with Crippen LogP contribution in [0.1, 0.15) is 18.9 Å². The quantitative estimate of drug-likeness (QED) is 0.868. The van der Waals surface area contributed by atoms with Crippen LogP contribution in [0, 0.1) is 5.92 Å². The molecule has 0 fully saturated rings. The van der Waals surface area contributed by atoms with Crippen LogP contribution in [0.15, 0.2) is 18.2 Å². The van der Waals surface area contributed by atoms with Crippen LogP contribution in [0.25, 0.3) is 0 Å². The molecule has 0 bridgehead atoms. The summed E-state index contributed by atoms with van der Waals surface area (Å²) in [5, 5.41) is 3.20. The molecular weight excluding hydrogens is 214 g/mol. The lowest BCUT2D eigenvalue weighted by atomic mass is 10.0. The highest BCUT2D eigenvalue weighted by molar-refractivity contribution is 5.43. The van der Waals surface area contributed by atoms with Crippen molar-refractivity contribution in [2.75, 3.05) is 26.8 Å². The lowest BCUT2D eigenvalue weighted by Crippen LogP contribution is -2.17. The van der Waals surface area contributed by atoms with Crippen molar-refractivity contribution in [2.24, 2.45) is 5.92 Å². The Hall–Kier alpha value is -1.22. The summed E-state index contributed by atoms with van der Waals surface area (Å²) < 4.78 is 11.3. The fourth-order valence-corrected chi connectivity index (χ4v) is 2.16. The molecule has 1 aliphatic heterocycles. The van der Waals surface area contributed by atoms with Crippen LogP contribution in [0.2, 0.25) is 0 Å². The first-order valence-corrected chi connectivity index (χ1v) is 6.32. The molecule has 0 spiro atoms. The second-order valence-electron chi connectivity index (χ2n) is 4.70. The van der Waals surface area contributed by atoms with E-state index in [4.69, 9.17) is 9.47 Å². The van der Waals surface area contributed by atoms with Crippen LogP contribution in [-0.4, -0.2) is 26.8 Å². The molecule has 0 aliphatic carbocycles. The second-order valence-corrected chi connectivity index (χ2v) is 4.70. The van der Waals surface area contributed by atoms with Gasteiger partial charge in [-0.25, -0.2) is 0 Å². The first-order valence-electron chi connectivity index (χ1n) is 6.32. The van der Waals surface area contributed by atoms with E-state index in [1.165, 1.54) is 5.56 Å². The topological polar surface area (TPSA) is 30.5 Å². The van der Waals surface area contributed by atoms with Crippen molar-refractivity contribution in [3.05, 3.63) is 23.8 Å². The molecule has 2 rings (SSSR count). The van der Waals surface area contributed by atoms with Gasteiger partial charge in [-0.15, -0.1) is 0 Å². The van der Waals surface area contributed by atoms with Gasteiger partial charge in [0.25, 0.3) is 0 Å². The van der Waals surface area contributed by atoms with Crippen molar-refractivity contribution in [3.8, 4) is 11.5 Å². The Kier molecular flexibility index (Phi) is 4.26. The van der Waals surface area contributed by atoms with Crippen molar-refractivity contribution in [2.45, 2.75) is 19.8 Å². The zero-order valence-corrected chi connectivity index (χ0v) is 10.7. The van der Waals surface area contributed by atoms with Gasteiger partial charge in [-0.1, -0.05) is 13.0 Å². The number of rotatable bonds is 4. The molecular formula is C14H21NO2. The minimum absolute atomic E-state index is 0.629. The van der Waals surface area contributed by atoms with Crippen molar-refractivity contribution in [1.29, 1.82) is 0 Å². The Morgan fingerprint density at radius 3 is 2.76 bits per heavy atom. The molecule has 1 N–H and O–H groups in total. The van der Waals surface area contributed by atoms with Gasteiger partial charge in [-0.2, -0.15) is 0 Å². The summed E-state index contributed by atoms with van der Waals surface area (Å²) in [7, 11) is 1.99. The highest BCUT2D eigenvalue weighted by Crippen LogP contribution is 2.31. The fraction of sp³-hybridized carbons (Fsp3) is 0.571. The van der Waals surface area contributed by atoms with Crippen LogP contribution in [0.3, 0.4) is 0 Å². The predicted octanol–water partition coefficient (Wildman–Crippen LogP) is 2.25. The van der Waals surface area contributed by atoms with E-state index in [0.717, 1.165) is 44.1 Å². The van der Waals surface area contributed by atoms with E-state index < -0.39 is 0 Å². The summed E-state index contributed by atoms with van der Waals surface area (Å²) in [5.41, 5.74) is 1.32. The second kappa shape index (κ2) is 5.92. The fourth-order valence-electron chi connectivity index (χ4n) is 2.16. The summed E-state index contributed by atoms with van der Waals surface area (Å²) >= 11 is 0. The summed E-state index contributed by atoms with van der Waals surface area (Å²) in [6, 6.07) is 6.29. The van der Waals surface area contributed by atoms with E-state index >= 15 is 0 Å². The number of benzene rings is 1. The third kappa shape index (κ3) is 3.37. The van der Waals surface area contributed by atoms with Gasteiger partial charge in [-0.3, -0.25) is 0 Å². The van der Waals surface area contributed by atoms with Gasteiger partial charge >= 0.3 is 0 Å². The summed E-state index contributed by atoms with van der Waals surface area (Å²) in [4.78, 5) is 0. The van der Waals surface area contributed by atoms with Crippen molar-refractivity contribution < 1.29 is 9.47 Å². The van der Waals surface area contributed by atoms with Crippen LogP contribution in [0.4, 0.5) is 0 Å². The van der Waals surface area contributed by atoms with Gasteiger partial charge in [0.2, 0.25) is 0 Å². The number of ether oxygens (including phenoxy) is 2. The van der Waals surface area contributed by atoms with E-state index in [1.54, 1.807) is 0 Å². The predicted molar refractivity (Wildman–Crippen MR) is 68.8 cm³/mol. The molecule has 1 aromatic rings. The first-order chi connectivity index (χ1) is 8.29. The molecule has 1 aliphatic rings. The van der Waals surface area contributed by atoms with E-state index in [9.17, 15) is 0 Å². The van der Waals surface area contributed by atoms with E-state index in [1.807, 2.05) is 13.1 Å². The van der Waals surface area contributed by atoms with Crippen LogP contribution < -0.4 is 14.8 Å². The first kappa shape index (κ1) is 12.2. The number of nitrogens with one attached hydrogen (secondary N) is 1. The molecule has 1 heterocycles. The van der Waals surface area contributed by atoms with Gasteiger partial charge in [0, 0.05) is 6.42 Å². The Morgan fingerprint density at radius 1 is 1.24 bits per heavy atom. The molecule has 1 aromatic carbocycles. The molecule has 0 aromatic heterocycles. The summed E-state index contributed by atoms with van der Waals surface area (Å²) in [6.45, 7) is 4.79. The highest BCUT2D eigenvalue weighted by atomic mass is 16.5. The van der Waals surface area contributed by atoms with Crippen LogP contribution in [-0.2, 0) is 6.42 Å². The van der Waals surface area contributed by atoms with Crippen LogP contribution in [0.5, 0.6) is 11.5 Å². The standard InChI is InChI=1S/C14H21NO2/c1-11(10-15-2)8-12-4-5-13-14(9-12)17-7-3-6-16-13/h4-5,9,11,15H,3,6-8,10H2,1-2H3. The molecule has 0 saturated heterocycles. The maximum atomic E-state index is 5.69. The van der Waals surface area contributed by atoms with Gasteiger partial charge in [0.15, 0.2) is 11.5 Å². The number of hydrogen-bond donors (Lipinski definition) is 1. The molecule has 3 nitrogen and oxygen atoms in total. The number of hydrogen-bond acceptors (Lipinski definition) is 3. The van der Waals surface area contributed by atoms with E-state index in [-0.39, 0.29) is 0 Å². The zero-order valence-electron chi connectivity index (χ0n) is 10.7. The largest absolute Gasteiger partial charge is 0.490 e. The molecule has 0 amide bonds. The normalized spacial score (nSPS) is 16.4. The van der Waals surface area contributed by atoms with Crippen molar-refractivity contribution >= 4 is 0 Å². The van der Waals surface area contributed by atoms with Crippen LogP contribution >= 0.6 is 0 Å². The molecule has 1 unspecified atom stereocenters. The highest BCUT2D eigenvalue weighted by Gasteiger charge is 2.11. The monoisotopic (exact) mass is 235 g/mol. The minimum atomic E-state index is 0.629. The molecule has 94 valence electrons. The molecule has 0 saturated carbocycles. The van der Waals surface area contributed by atoms with Gasteiger partial charge in [0.1, 0.15) is 0 Å². The van der Waals surface area contributed by atoms with E-state index in [2.05, 4.69) is 24.4 Å². The smallest absolute Gasteiger partial charge is 0.161 e. The Balaban J connectivity index is 2.07. The third-order valence-electron chi connectivity index (χ3n) is 2.95. The van der Waals surface area contributed by atoms with E-state index in [0.29, 0.717) is 5.92 Å². The third-order valence-corrected chi connectivity index (χ3v) is 2.95. The summed E-state index contributed by atoms with van der Waals surface area (Å²) in [5.74, 6) is 2.41. The number of fused-ring (bicyclic) bond motifs is 1.